The fourth-order valence-corrected chi connectivity index (χ4v) is 3.64. The van der Waals surface area contributed by atoms with Gasteiger partial charge in [-0.25, -0.2) is 0 Å². The Morgan fingerprint density at radius 2 is 2.18 bits per heavy atom. The number of ether oxygens (including phenoxy) is 2. The molecule has 1 N–H and O–H groups in total. The Hall–Kier alpha value is -1.10. The predicted molar refractivity (Wildman–Crippen MR) is 85.9 cm³/mol. The molecule has 1 aromatic carbocycles. The molecule has 122 valence electrons. The first-order valence-electron chi connectivity index (χ1n) is 8.27. The van der Waals surface area contributed by atoms with Gasteiger partial charge < -0.3 is 14.6 Å². The van der Waals surface area contributed by atoms with E-state index in [0.29, 0.717) is 5.92 Å². The summed E-state index contributed by atoms with van der Waals surface area (Å²) in [7, 11) is 0. The van der Waals surface area contributed by atoms with Crippen LogP contribution in [0.3, 0.4) is 0 Å². The number of hydrogen-bond donors (Lipinski definition) is 1. The SMILES string of the molecule is CC1(C)C[C@@H](CN2CCOc3ccc(CO)cc3C2)CCO1. The van der Waals surface area contributed by atoms with Crippen molar-refractivity contribution >= 4 is 0 Å². The summed E-state index contributed by atoms with van der Waals surface area (Å²) in [6.07, 6.45) is 2.26. The molecule has 4 heteroatoms. The predicted octanol–water partition coefficient (Wildman–Crippen LogP) is 2.58. The van der Waals surface area contributed by atoms with Gasteiger partial charge in [-0.05, 0) is 50.3 Å². The first kappa shape index (κ1) is 15.8. The molecule has 0 bridgehead atoms. The number of nitrogens with zero attached hydrogens (tertiary/aromatic N) is 1. The average molecular weight is 305 g/mol. The molecule has 1 atom stereocenters. The van der Waals surface area contributed by atoms with Gasteiger partial charge >= 0.3 is 0 Å². The van der Waals surface area contributed by atoms with Gasteiger partial charge in [-0.15, -0.1) is 0 Å². The van der Waals surface area contributed by atoms with Gasteiger partial charge in [0.1, 0.15) is 12.4 Å². The van der Waals surface area contributed by atoms with Crippen LogP contribution >= 0.6 is 0 Å². The Morgan fingerprint density at radius 1 is 1.32 bits per heavy atom. The molecule has 0 saturated carbocycles. The van der Waals surface area contributed by atoms with Crippen molar-refractivity contribution in [3.63, 3.8) is 0 Å². The highest BCUT2D eigenvalue weighted by atomic mass is 16.5. The lowest BCUT2D eigenvalue weighted by molar-refractivity contribution is -0.0771. The van der Waals surface area contributed by atoms with Crippen molar-refractivity contribution in [2.75, 3.05) is 26.3 Å². The highest BCUT2D eigenvalue weighted by molar-refractivity contribution is 5.37. The molecular formula is C18H27NO3. The van der Waals surface area contributed by atoms with E-state index in [4.69, 9.17) is 9.47 Å². The summed E-state index contributed by atoms with van der Waals surface area (Å²) in [6.45, 7) is 9.02. The van der Waals surface area contributed by atoms with Crippen molar-refractivity contribution in [2.45, 2.75) is 45.4 Å². The Kier molecular flexibility index (Phi) is 4.71. The van der Waals surface area contributed by atoms with Crippen molar-refractivity contribution < 1.29 is 14.6 Å². The molecule has 3 rings (SSSR count). The van der Waals surface area contributed by atoms with E-state index < -0.39 is 0 Å². The lowest BCUT2D eigenvalue weighted by Gasteiger charge is -2.37. The van der Waals surface area contributed by atoms with Crippen LogP contribution in [0.5, 0.6) is 5.75 Å². The fourth-order valence-electron chi connectivity index (χ4n) is 3.64. The van der Waals surface area contributed by atoms with Crippen LogP contribution in [0.25, 0.3) is 0 Å². The van der Waals surface area contributed by atoms with Crippen molar-refractivity contribution in [1.29, 1.82) is 0 Å². The van der Waals surface area contributed by atoms with Crippen LogP contribution in [0.15, 0.2) is 18.2 Å². The first-order chi connectivity index (χ1) is 10.6. The van der Waals surface area contributed by atoms with Crippen LogP contribution in [0, 0.1) is 5.92 Å². The second kappa shape index (κ2) is 6.57. The van der Waals surface area contributed by atoms with E-state index in [0.717, 1.165) is 57.0 Å². The van der Waals surface area contributed by atoms with Crippen LogP contribution in [0.1, 0.15) is 37.8 Å². The van der Waals surface area contributed by atoms with Crippen LogP contribution in [-0.2, 0) is 17.9 Å². The molecule has 0 aromatic heterocycles. The summed E-state index contributed by atoms with van der Waals surface area (Å²) >= 11 is 0. The van der Waals surface area contributed by atoms with Crippen molar-refractivity contribution in [3.05, 3.63) is 29.3 Å². The smallest absolute Gasteiger partial charge is 0.123 e. The minimum absolute atomic E-state index is 0.00717. The third-order valence-electron chi connectivity index (χ3n) is 4.68. The van der Waals surface area contributed by atoms with E-state index in [1.807, 2.05) is 12.1 Å². The number of fused-ring (bicyclic) bond motifs is 1. The molecule has 2 aliphatic heterocycles. The van der Waals surface area contributed by atoms with Gasteiger partial charge in [-0.1, -0.05) is 6.07 Å². The molecule has 0 aliphatic carbocycles. The Balaban J connectivity index is 1.67. The average Bonchev–Trinajstić information content (AvgIpc) is 2.66. The van der Waals surface area contributed by atoms with Crippen molar-refractivity contribution in [2.24, 2.45) is 5.92 Å². The number of hydrogen-bond acceptors (Lipinski definition) is 4. The molecule has 1 saturated heterocycles. The quantitative estimate of drug-likeness (QED) is 0.932. The Bertz CT molecular complexity index is 515. The van der Waals surface area contributed by atoms with Crippen molar-refractivity contribution in [3.8, 4) is 5.75 Å². The number of aliphatic hydroxyl groups excluding tert-OH is 1. The minimum atomic E-state index is 0.00717. The number of benzene rings is 1. The number of aliphatic hydroxyl groups is 1. The molecule has 0 unspecified atom stereocenters. The molecule has 4 nitrogen and oxygen atoms in total. The largest absolute Gasteiger partial charge is 0.492 e. The van der Waals surface area contributed by atoms with Gasteiger partial charge in [0.15, 0.2) is 0 Å². The van der Waals surface area contributed by atoms with Crippen molar-refractivity contribution in [1.82, 2.24) is 4.90 Å². The van der Waals surface area contributed by atoms with Crippen LogP contribution in [0.4, 0.5) is 0 Å². The summed E-state index contributed by atoms with van der Waals surface area (Å²) in [5.41, 5.74) is 2.15. The molecule has 2 aliphatic rings. The highest BCUT2D eigenvalue weighted by Gasteiger charge is 2.30. The van der Waals surface area contributed by atoms with Crippen LogP contribution in [-0.4, -0.2) is 41.9 Å². The van der Waals surface area contributed by atoms with Crippen LogP contribution < -0.4 is 4.74 Å². The normalized spacial score (nSPS) is 25.1. The molecular weight excluding hydrogens is 278 g/mol. The third-order valence-corrected chi connectivity index (χ3v) is 4.68. The van der Waals surface area contributed by atoms with E-state index in [9.17, 15) is 5.11 Å². The zero-order chi connectivity index (χ0) is 15.6. The Morgan fingerprint density at radius 3 is 2.95 bits per heavy atom. The zero-order valence-electron chi connectivity index (χ0n) is 13.7. The summed E-state index contributed by atoms with van der Waals surface area (Å²) in [6, 6.07) is 6.00. The molecule has 0 spiro atoms. The standard InChI is InChI=1S/C18H27NO3/c1-18(2)10-15(5-7-22-18)11-19-6-8-21-17-4-3-14(13-20)9-16(17)12-19/h3-4,9,15,20H,5-8,10-13H2,1-2H3/t15-/m0/s1. The highest BCUT2D eigenvalue weighted by Crippen LogP contribution is 2.31. The molecule has 1 fully saturated rings. The molecule has 22 heavy (non-hydrogen) atoms. The van der Waals surface area contributed by atoms with E-state index in [2.05, 4.69) is 24.8 Å². The lowest BCUT2D eigenvalue weighted by atomic mass is 9.88. The summed E-state index contributed by atoms with van der Waals surface area (Å²) in [5.74, 6) is 1.65. The fraction of sp³-hybridized carbons (Fsp3) is 0.667. The maximum Gasteiger partial charge on any atom is 0.123 e. The molecule has 0 radical (unpaired) electrons. The molecule has 0 amide bonds. The monoisotopic (exact) mass is 305 g/mol. The van der Waals surface area contributed by atoms with Gasteiger partial charge in [-0.2, -0.15) is 0 Å². The lowest BCUT2D eigenvalue weighted by Crippen LogP contribution is -2.40. The van der Waals surface area contributed by atoms with Gasteiger partial charge in [0.2, 0.25) is 0 Å². The van der Waals surface area contributed by atoms with Crippen LogP contribution in [0.2, 0.25) is 0 Å². The van der Waals surface area contributed by atoms with Gasteiger partial charge in [0.25, 0.3) is 0 Å². The van der Waals surface area contributed by atoms with E-state index in [-0.39, 0.29) is 12.2 Å². The molecule has 1 aromatic rings. The van der Waals surface area contributed by atoms with Gasteiger partial charge in [0.05, 0.1) is 12.2 Å². The van der Waals surface area contributed by atoms with E-state index >= 15 is 0 Å². The van der Waals surface area contributed by atoms with Gasteiger partial charge in [0, 0.05) is 31.8 Å². The third kappa shape index (κ3) is 3.80. The summed E-state index contributed by atoms with van der Waals surface area (Å²) < 4.78 is 11.7. The van der Waals surface area contributed by atoms with E-state index in [1.165, 1.54) is 5.56 Å². The zero-order valence-corrected chi connectivity index (χ0v) is 13.7. The minimum Gasteiger partial charge on any atom is -0.492 e. The summed E-state index contributed by atoms with van der Waals surface area (Å²) in [5, 5.41) is 9.33. The van der Waals surface area contributed by atoms with Gasteiger partial charge in [-0.3, -0.25) is 4.90 Å². The second-order valence-electron chi connectivity index (χ2n) is 7.15. The topological polar surface area (TPSA) is 41.9 Å². The maximum atomic E-state index is 9.33. The summed E-state index contributed by atoms with van der Waals surface area (Å²) in [4.78, 5) is 2.49. The maximum absolute atomic E-state index is 9.33. The first-order valence-corrected chi connectivity index (χ1v) is 8.27. The number of rotatable bonds is 3. The second-order valence-corrected chi connectivity index (χ2v) is 7.15. The molecule has 2 heterocycles. The Labute approximate surface area is 133 Å². The van der Waals surface area contributed by atoms with E-state index in [1.54, 1.807) is 0 Å².